The summed E-state index contributed by atoms with van der Waals surface area (Å²) in [6, 6.07) is 17.0. The molecule has 0 heterocycles. The van der Waals surface area contributed by atoms with Crippen LogP contribution in [0.2, 0.25) is 0 Å². The van der Waals surface area contributed by atoms with E-state index in [9.17, 15) is 0 Å². The number of unbranched alkanes of at least 4 members (excludes halogenated alkanes) is 1. The molecule has 0 aliphatic rings. The third-order valence-corrected chi connectivity index (χ3v) is 3.54. The van der Waals surface area contributed by atoms with Crippen LogP contribution in [0.15, 0.2) is 48.5 Å². The van der Waals surface area contributed by atoms with E-state index >= 15 is 0 Å². The maximum atomic E-state index is 2.23. The highest BCUT2D eigenvalue weighted by molar-refractivity contribution is 5.31. The third kappa shape index (κ3) is 5.74. The average Bonchev–Trinajstić information content (AvgIpc) is 2.44. The molecule has 0 saturated heterocycles. The highest BCUT2D eigenvalue weighted by Crippen LogP contribution is 2.10. The molecule has 2 rings (SSSR count). The topological polar surface area (TPSA) is 0 Å². The van der Waals surface area contributed by atoms with Gasteiger partial charge in [0.25, 0.3) is 0 Å². The molecule has 0 amide bonds. The number of hydrogen-bond donors (Lipinski definition) is 0. The third-order valence-electron chi connectivity index (χ3n) is 3.54. The van der Waals surface area contributed by atoms with Gasteiger partial charge in [0, 0.05) is 0 Å². The summed E-state index contributed by atoms with van der Waals surface area (Å²) in [6.07, 6.45) is 3.83. The standard InChI is InChI=1S/C10H14.C9H12/c1-2-3-7-10-8-5-4-6-9-10;1-7-5-4-6-8(2)9(7)3/h4-6,8-9H,2-3,7H2,1H3;4-6H,1-3H3. The maximum Gasteiger partial charge on any atom is -0.0279 e. The van der Waals surface area contributed by atoms with Crippen LogP contribution in [0.3, 0.4) is 0 Å². The summed E-state index contributed by atoms with van der Waals surface area (Å²) in [5, 5.41) is 0. The van der Waals surface area contributed by atoms with Crippen LogP contribution in [0.25, 0.3) is 0 Å². The molecule has 102 valence electrons. The second kappa shape index (κ2) is 8.53. The Balaban J connectivity index is 0.000000191. The molecule has 0 aromatic heterocycles. The predicted octanol–water partition coefficient (Wildman–Crippen LogP) is 5.64. The smallest absolute Gasteiger partial charge is 0.0279 e. The molecule has 2 aromatic carbocycles. The molecule has 0 saturated carbocycles. The molecule has 2 aromatic rings. The normalized spacial score (nSPS) is 9.68. The Morgan fingerprint density at radius 2 is 1.32 bits per heavy atom. The van der Waals surface area contributed by atoms with E-state index in [1.807, 2.05) is 0 Å². The summed E-state index contributed by atoms with van der Waals surface area (Å²) < 4.78 is 0. The molecule has 0 nitrogen and oxygen atoms in total. The second-order valence-electron chi connectivity index (χ2n) is 5.11. The van der Waals surface area contributed by atoms with E-state index in [1.54, 1.807) is 0 Å². The van der Waals surface area contributed by atoms with Crippen molar-refractivity contribution in [2.75, 3.05) is 0 Å². The van der Waals surface area contributed by atoms with Gasteiger partial charge in [0.05, 0.1) is 0 Å². The molecule has 0 spiro atoms. The van der Waals surface area contributed by atoms with Crippen molar-refractivity contribution in [1.29, 1.82) is 0 Å². The van der Waals surface area contributed by atoms with Crippen LogP contribution in [-0.2, 0) is 6.42 Å². The number of hydrogen-bond acceptors (Lipinski definition) is 0. The first-order valence-corrected chi connectivity index (χ1v) is 7.22. The zero-order valence-electron chi connectivity index (χ0n) is 12.7. The molecule has 19 heavy (non-hydrogen) atoms. The average molecular weight is 254 g/mol. The number of rotatable bonds is 3. The van der Waals surface area contributed by atoms with E-state index in [4.69, 9.17) is 0 Å². The molecule has 0 fully saturated rings. The van der Waals surface area contributed by atoms with Crippen LogP contribution in [0.4, 0.5) is 0 Å². The lowest BCUT2D eigenvalue weighted by Crippen LogP contribution is -1.82. The Labute approximate surface area is 118 Å². The largest absolute Gasteiger partial charge is 0.0654 e. The maximum absolute atomic E-state index is 2.23. The van der Waals surface area contributed by atoms with Gasteiger partial charge in [-0.05, 0) is 55.9 Å². The molecular weight excluding hydrogens is 228 g/mol. The Bertz CT molecular complexity index is 448. The van der Waals surface area contributed by atoms with Crippen LogP contribution in [0.5, 0.6) is 0 Å². The van der Waals surface area contributed by atoms with Gasteiger partial charge in [-0.15, -0.1) is 0 Å². The minimum atomic E-state index is 1.23. The van der Waals surface area contributed by atoms with Crippen LogP contribution < -0.4 is 0 Å². The van der Waals surface area contributed by atoms with Crippen molar-refractivity contribution in [3.05, 3.63) is 70.8 Å². The van der Waals surface area contributed by atoms with E-state index in [0.29, 0.717) is 0 Å². The van der Waals surface area contributed by atoms with E-state index in [1.165, 1.54) is 41.5 Å². The molecule has 0 atom stereocenters. The molecule has 0 bridgehead atoms. The van der Waals surface area contributed by atoms with Crippen molar-refractivity contribution in [1.82, 2.24) is 0 Å². The lowest BCUT2D eigenvalue weighted by Gasteiger charge is -2.00. The molecular formula is C19H26. The Morgan fingerprint density at radius 3 is 1.79 bits per heavy atom. The zero-order valence-corrected chi connectivity index (χ0v) is 12.7. The molecule has 0 aliphatic heterocycles. The lowest BCUT2D eigenvalue weighted by molar-refractivity contribution is 0.795. The van der Waals surface area contributed by atoms with Gasteiger partial charge in [-0.2, -0.15) is 0 Å². The van der Waals surface area contributed by atoms with Gasteiger partial charge in [-0.1, -0.05) is 61.9 Å². The van der Waals surface area contributed by atoms with Gasteiger partial charge >= 0.3 is 0 Å². The van der Waals surface area contributed by atoms with E-state index in [-0.39, 0.29) is 0 Å². The molecule has 0 unspecified atom stereocenters. The Morgan fingerprint density at radius 1 is 0.737 bits per heavy atom. The summed E-state index contributed by atoms with van der Waals surface area (Å²) in [6.45, 7) is 8.66. The van der Waals surface area contributed by atoms with Crippen molar-refractivity contribution in [3.8, 4) is 0 Å². The van der Waals surface area contributed by atoms with Gasteiger partial charge in [-0.25, -0.2) is 0 Å². The fourth-order valence-electron chi connectivity index (χ4n) is 1.92. The summed E-state index contributed by atoms with van der Waals surface area (Å²) in [5.74, 6) is 0. The van der Waals surface area contributed by atoms with Crippen molar-refractivity contribution >= 4 is 0 Å². The van der Waals surface area contributed by atoms with Crippen molar-refractivity contribution in [2.24, 2.45) is 0 Å². The van der Waals surface area contributed by atoms with Gasteiger partial charge in [0.15, 0.2) is 0 Å². The first-order valence-electron chi connectivity index (χ1n) is 7.22. The van der Waals surface area contributed by atoms with Crippen molar-refractivity contribution in [3.63, 3.8) is 0 Å². The lowest BCUT2D eigenvalue weighted by atomic mass is 10.1. The highest BCUT2D eigenvalue weighted by atomic mass is 14.0. The molecule has 0 N–H and O–H groups in total. The quantitative estimate of drug-likeness (QED) is 0.665. The number of benzene rings is 2. The minimum Gasteiger partial charge on any atom is -0.0654 e. The van der Waals surface area contributed by atoms with Crippen LogP contribution in [0.1, 0.15) is 42.0 Å². The van der Waals surface area contributed by atoms with Gasteiger partial charge in [0.2, 0.25) is 0 Å². The fourth-order valence-corrected chi connectivity index (χ4v) is 1.92. The van der Waals surface area contributed by atoms with Crippen LogP contribution >= 0.6 is 0 Å². The van der Waals surface area contributed by atoms with Crippen molar-refractivity contribution in [2.45, 2.75) is 47.0 Å². The van der Waals surface area contributed by atoms with Gasteiger partial charge < -0.3 is 0 Å². The van der Waals surface area contributed by atoms with E-state index < -0.39 is 0 Å². The molecule has 0 heteroatoms. The van der Waals surface area contributed by atoms with Gasteiger partial charge in [0.1, 0.15) is 0 Å². The summed E-state index contributed by atoms with van der Waals surface area (Å²) in [4.78, 5) is 0. The summed E-state index contributed by atoms with van der Waals surface area (Å²) in [7, 11) is 0. The predicted molar refractivity (Wildman–Crippen MR) is 85.7 cm³/mol. The molecule has 0 radical (unpaired) electrons. The first-order chi connectivity index (χ1) is 9.15. The van der Waals surface area contributed by atoms with Crippen molar-refractivity contribution < 1.29 is 0 Å². The zero-order chi connectivity index (χ0) is 14.1. The van der Waals surface area contributed by atoms with Crippen LogP contribution in [-0.4, -0.2) is 0 Å². The number of aryl methyl sites for hydroxylation is 3. The van der Waals surface area contributed by atoms with Gasteiger partial charge in [-0.3, -0.25) is 0 Å². The summed E-state index contributed by atoms with van der Waals surface area (Å²) in [5.41, 5.74) is 5.65. The van der Waals surface area contributed by atoms with Crippen LogP contribution in [0, 0.1) is 20.8 Å². The Kier molecular flexibility index (Phi) is 6.95. The SMILES string of the molecule is CCCCc1ccccc1.Cc1cccc(C)c1C. The molecule has 0 aliphatic carbocycles. The highest BCUT2D eigenvalue weighted by Gasteiger charge is 1.91. The monoisotopic (exact) mass is 254 g/mol. The fraction of sp³-hybridized carbons (Fsp3) is 0.368. The minimum absolute atomic E-state index is 1.23. The second-order valence-corrected chi connectivity index (χ2v) is 5.11. The first kappa shape index (κ1) is 15.5. The van der Waals surface area contributed by atoms with E-state index in [0.717, 1.165) is 0 Å². The summed E-state index contributed by atoms with van der Waals surface area (Å²) >= 11 is 0. The van der Waals surface area contributed by atoms with E-state index in [2.05, 4.69) is 76.2 Å². The Hall–Kier alpha value is -1.56.